The van der Waals surface area contributed by atoms with Gasteiger partial charge < -0.3 is 4.18 Å². The summed E-state index contributed by atoms with van der Waals surface area (Å²) in [5.74, 6) is 0.926. The minimum absolute atomic E-state index is 0.864. The van der Waals surface area contributed by atoms with Crippen molar-refractivity contribution in [2.24, 2.45) is 4.40 Å². The molecule has 0 saturated heterocycles. The number of hydrogen-bond donors (Lipinski definition) is 0. The van der Waals surface area contributed by atoms with Crippen LogP contribution in [0.2, 0.25) is 0 Å². The maximum atomic E-state index is 5.27. The minimum atomic E-state index is 0.864. The van der Waals surface area contributed by atoms with Crippen LogP contribution in [-0.4, -0.2) is 6.21 Å². The Morgan fingerprint density at radius 1 is 1.36 bits per heavy atom. The second-order valence-electron chi connectivity index (χ2n) is 2.26. The molecule has 0 aromatic heterocycles. The molecule has 0 spiro atoms. The van der Waals surface area contributed by atoms with Crippen LogP contribution in [0.3, 0.4) is 0 Å². The topological polar surface area (TPSA) is 21.6 Å². The SMILES string of the molecule is C1=NSOc2ccccc2C1. The quantitative estimate of drug-likeness (QED) is 0.434. The summed E-state index contributed by atoms with van der Waals surface area (Å²) in [5.41, 5.74) is 1.20. The number of nitrogens with zero attached hydrogens (tertiary/aromatic N) is 1. The van der Waals surface area contributed by atoms with Crippen molar-refractivity contribution < 1.29 is 4.18 Å². The van der Waals surface area contributed by atoms with Crippen LogP contribution in [0.1, 0.15) is 5.56 Å². The first kappa shape index (κ1) is 6.73. The van der Waals surface area contributed by atoms with Crippen LogP contribution < -0.4 is 4.18 Å². The summed E-state index contributed by atoms with van der Waals surface area (Å²) in [6.07, 6.45) is 2.72. The molecule has 0 N–H and O–H groups in total. The maximum absolute atomic E-state index is 5.27. The molecule has 0 radical (unpaired) electrons. The van der Waals surface area contributed by atoms with Crippen LogP contribution >= 0.6 is 12.2 Å². The van der Waals surface area contributed by atoms with E-state index in [4.69, 9.17) is 4.18 Å². The van der Waals surface area contributed by atoms with Crippen LogP contribution in [-0.2, 0) is 6.42 Å². The lowest BCUT2D eigenvalue weighted by Crippen LogP contribution is -1.86. The van der Waals surface area contributed by atoms with E-state index in [2.05, 4.69) is 4.40 Å². The van der Waals surface area contributed by atoms with Crippen molar-refractivity contribution in [2.75, 3.05) is 0 Å². The van der Waals surface area contributed by atoms with Gasteiger partial charge in [0.1, 0.15) is 5.75 Å². The predicted molar refractivity (Wildman–Crippen MR) is 46.9 cm³/mol. The highest BCUT2D eigenvalue weighted by Crippen LogP contribution is 2.24. The van der Waals surface area contributed by atoms with E-state index in [9.17, 15) is 0 Å². The van der Waals surface area contributed by atoms with E-state index in [0.717, 1.165) is 24.4 Å². The number of para-hydroxylation sites is 1. The van der Waals surface area contributed by atoms with Crippen molar-refractivity contribution in [3.63, 3.8) is 0 Å². The number of rotatable bonds is 0. The third-order valence-corrected chi connectivity index (χ3v) is 2.02. The fourth-order valence-electron chi connectivity index (χ4n) is 0.981. The standard InChI is InChI=1S/C8H7NOS/c1-2-4-8-7(3-1)5-6-9-11-10-8/h1-4,6H,5H2. The highest BCUT2D eigenvalue weighted by molar-refractivity contribution is 7.93. The van der Waals surface area contributed by atoms with Crippen molar-refractivity contribution in [3.8, 4) is 5.75 Å². The van der Waals surface area contributed by atoms with Crippen LogP contribution in [0.25, 0.3) is 0 Å². The Labute approximate surface area is 69.6 Å². The van der Waals surface area contributed by atoms with Gasteiger partial charge in [-0.15, -0.1) is 0 Å². The lowest BCUT2D eigenvalue weighted by Gasteiger charge is -2.01. The molecule has 2 nitrogen and oxygen atoms in total. The van der Waals surface area contributed by atoms with Gasteiger partial charge in [0.2, 0.25) is 12.2 Å². The van der Waals surface area contributed by atoms with E-state index < -0.39 is 0 Å². The summed E-state index contributed by atoms with van der Waals surface area (Å²) >= 11 is 1.13. The molecule has 0 fully saturated rings. The van der Waals surface area contributed by atoms with Crippen molar-refractivity contribution in [1.29, 1.82) is 0 Å². The van der Waals surface area contributed by atoms with Gasteiger partial charge in [-0.1, -0.05) is 18.2 Å². The zero-order valence-corrected chi connectivity index (χ0v) is 6.67. The molecular formula is C8H7NOS. The number of benzene rings is 1. The maximum Gasteiger partial charge on any atom is 0.201 e. The van der Waals surface area contributed by atoms with Crippen LogP contribution in [0.5, 0.6) is 5.75 Å². The Morgan fingerprint density at radius 2 is 2.27 bits per heavy atom. The predicted octanol–water partition coefficient (Wildman–Crippen LogP) is 2.26. The van der Waals surface area contributed by atoms with Gasteiger partial charge in [-0.25, -0.2) is 0 Å². The van der Waals surface area contributed by atoms with Gasteiger partial charge in [-0.05, 0) is 6.07 Å². The Balaban J connectivity index is 2.40. The molecule has 56 valence electrons. The third-order valence-electron chi connectivity index (χ3n) is 1.53. The monoisotopic (exact) mass is 165 g/mol. The fourth-order valence-corrected chi connectivity index (χ4v) is 1.40. The van der Waals surface area contributed by atoms with E-state index in [-0.39, 0.29) is 0 Å². The van der Waals surface area contributed by atoms with E-state index in [1.165, 1.54) is 5.56 Å². The minimum Gasteiger partial charge on any atom is -0.404 e. The molecule has 1 aliphatic rings. The van der Waals surface area contributed by atoms with Crippen molar-refractivity contribution >= 4 is 18.4 Å². The molecule has 0 atom stereocenters. The summed E-state index contributed by atoms with van der Waals surface area (Å²) < 4.78 is 9.22. The Bertz CT molecular complexity index is 285. The molecule has 1 heterocycles. The van der Waals surface area contributed by atoms with Crippen molar-refractivity contribution in [2.45, 2.75) is 6.42 Å². The van der Waals surface area contributed by atoms with E-state index in [1.807, 2.05) is 30.5 Å². The summed E-state index contributed by atoms with van der Waals surface area (Å²) in [6.45, 7) is 0. The fraction of sp³-hybridized carbons (Fsp3) is 0.125. The van der Waals surface area contributed by atoms with Gasteiger partial charge in [0, 0.05) is 18.2 Å². The molecule has 0 bridgehead atoms. The van der Waals surface area contributed by atoms with Crippen LogP contribution in [0.15, 0.2) is 28.7 Å². The molecule has 0 unspecified atom stereocenters. The molecule has 1 aromatic rings. The second kappa shape index (κ2) is 2.96. The molecule has 0 saturated carbocycles. The number of hydrogen-bond acceptors (Lipinski definition) is 3. The first-order valence-corrected chi connectivity index (χ1v) is 4.10. The first-order valence-electron chi connectivity index (χ1n) is 3.40. The molecule has 0 aliphatic carbocycles. The smallest absolute Gasteiger partial charge is 0.201 e. The molecule has 11 heavy (non-hydrogen) atoms. The van der Waals surface area contributed by atoms with Crippen molar-refractivity contribution in [1.82, 2.24) is 0 Å². The average Bonchev–Trinajstić information content (AvgIpc) is 2.28. The molecule has 2 rings (SSSR count). The van der Waals surface area contributed by atoms with Crippen LogP contribution in [0.4, 0.5) is 0 Å². The van der Waals surface area contributed by atoms with Gasteiger partial charge in [0.25, 0.3) is 0 Å². The molecular weight excluding hydrogens is 158 g/mol. The summed E-state index contributed by atoms with van der Waals surface area (Å²) in [5, 5.41) is 0. The zero-order valence-electron chi connectivity index (χ0n) is 5.86. The summed E-state index contributed by atoms with van der Waals surface area (Å²) in [4.78, 5) is 0. The van der Waals surface area contributed by atoms with Gasteiger partial charge >= 0.3 is 0 Å². The normalized spacial score (nSPS) is 14.9. The molecule has 0 amide bonds. The lowest BCUT2D eigenvalue weighted by molar-refractivity contribution is 0.642. The number of fused-ring (bicyclic) bond motifs is 1. The van der Waals surface area contributed by atoms with E-state index >= 15 is 0 Å². The molecule has 1 aliphatic heterocycles. The van der Waals surface area contributed by atoms with Crippen LogP contribution in [0, 0.1) is 0 Å². The molecule has 1 aromatic carbocycles. The molecule has 3 heteroatoms. The van der Waals surface area contributed by atoms with Gasteiger partial charge in [-0.2, -0.15) is 4.40 Å². The Hall–Kier alpha value is -0.960. The zero-order chi connectivity index (χ0) is 7.52. The third kappa shape index (κ3) is 1.38. The first-order chi connectivity index (χ1) is 5.47. The highest BCUT2D eigenvalue weighted by Gasteiger charge is 2.04. The highest BCUT2D eigenvalue weighted by atomic mass is 32.2. The van der Waals surface area contributed by atoms with Gasteiger partial charge in [-0.3, -0.25) is 0 Å². The Morgan fingerprint density at radius 3 is 3.27 bits per heavy atom. The van der Waals surface area contributed by atoms with Gasteiger partial charge in [0.05, 0.1) is 0 Å². The van der Waals surface area contributed by atoms with E-state index in [1.54, 1.807) is 0 Å². The summed E-state index contributed by atoms with van der Waals surface area (Å²) in [7, 11) is 0. The lowest BCUT2D eigenvalue weighted by atomic mass is 10.1. The van der Waals surface area contributed by atoms with Gasteiger partial charge in [0.15, 0.2) is 0 Å². The van der Waals surface area contributed by atoms with E-state index in [0.29, 0.717) is 0 Å². The van der Waals surface area contributed by atoms with Crippen molar-refractivity contribution in [3.05, 3.63) is 29.8 Å². The average molecular weight is 165 g/mol. The second-order valence-corrected chi connectivity index (χ2v) is 2.78. The Kier molecular flexibility index (Phi) is 1.81. The summed E-state index contributed by atoms with van der Waals surface area (Å²) in [6, 6.07) is 7.97. The largest absolute Gasteiger partial charge is 0.404 e.